The SMILES string of the molecule is CC(C)NC(=O)CCNC(=O)NC(C)c1ncc(-c2ccccc2)o1. The zero-order valence-electron chi connectivity index (χ0n) is 14.7. The second kappa shape index (κ2) is 8.86. The van der Waals surface area contributed by atoms with Crippen LogP contribution in [0.3, 0.4) is 0 Å². The Balaban J connectivity index is 1.79. The van der Waals surface area contributed by atoms with Crippen molar-refractivity contribution in [2.75, 3.05) is 6.54 Å². The Bertz CT molecular complexity index is 697. The predicted molar refractivity (Wildman–Crippen MR) is 94.8 cm³/mol. The van der Waals surface area contributed by atoms with Crippen molar-refractivity contribution in [1.82, 2.24) is 20.9 Å². The number of rotatable bonds is 7. The Morgan fingerprint density at radius 1 is 1.12 bits per heavy atom. The Hall–Kier alpha value is -2.83. The van der Waals surface area contributed by atoms with E-state index < -0.39 is 0 Å². The third kappa shape index (κ3) is 5.95. The number of amides is 3. The lowest BCUT2D eigenvalue weighted by atomic mass is 10.2. The van der Waals surface area contributed by atoms with Gasteiger partial charge in [-0.3, -0.25) is 4.79 Å². The van der Waals surface area contributed by atoms with E-state index >= 15 is 0 Å². The summed E-state index contributed by atoms with van der Waals surface area (Å²) in [5.74, 6) is 0.977. The summed E-state index contributed by atoms with van der Waals surface area (Å²) in [4.78, 5) is 27.6. The van der Waals surface area contributed by atoms with Gasteiger partial charge in [-0.05, 0) is 20.8 Å². The average molecular weight is 344 g/mol. The molecule has 7 heteroatoms. The lowest BCUT2D eigenvalue weighted by Gasteiger charge is -2.12. The van der Waals surface area contributed by atoms with Gasteiger partial charge in [-0.25, -0.2) is 9.78 Å². The molecule has 1 aromatic carbocycles. The molecule has 1 atom stereocenters. The van der Waals surface area contributed by atoms with Crippen LogP contribution in [0.25, 0.3) is 11.3 Å². The summed E-state index contributed by atoms with van der Waals surface area (Å²) in [5.41, 5.74) is 0.925. The second-order valence-electron chi connectivity index (χ2n) is 6.02. The van der Waals surface area contributed by atoms with E-state index in [-0.39, 0.29) is 37.0 Å². The number of urea groups is 1. The lowest BCUT2D eigenvalue weighted by Crippen LogP contribution is -2.39. The van der Waals surface area contributed by atoms with E-state index in [0.717, 1.165) is 5.56 Å². The fourth-order valence-electron chi connectivity index (χ4n) is 2.22. The summed E-state index contributed by atoms with van der Waals surface area (Å²) in [6.45, 7) is 5.82. The molecule has 0 saturated carbocycles. The minimum absolute atomic E-state index is 0.0881. The quantitative estimate of drug-likeness (QED) is 0.719. The van der Waals surface area contributed by atoms with E-state index in [9.17, 15) is 9.59 Å². The van der Waals surface area contributed by atoms with Crippen LogP contribution in [0.5, 0.6) is 0 Å². The Morgan fingerprint density at radius 3 is 2.52 bits per heavy atom. The highest BCUT2D eigenvalue weighted by Gasteiger charge is 2.15. The van der Waals surface area contributed by atoms with E-state index in [2.05, 4.69) is 20.9 Å². The van der Waals surface area contributed by atoms with Gasteiger partial charge < -0.3 is 20.4 Å². The van der Waals surface area contributed by atoms with Crippen molar-refractivity contribution in [2.24, 2.45) is 0 Å². The first-order chi connectivity index (χ1) is 12.0. The van der Waals surface area contributed by atoms with E-state index in [4.69, 9.17) is 4.42 Å². The van der Waals surface area contributed by atoms with Crippen LogP contribution >= 0.6 is 0 Å². The molecule has 7 nitrogen and oxygen atoms in total. The van der Waals surface area contributed by atoms with Crippen LogP contribution in [0.2, 0.25) is 0 Å². The van der Waals surface area contributed by atoms with Gasteiger partial charge in [0, 0.05) is 24.6 Å². The zero-order chi connectivity index (χ0) is 18.2. The molecular weight excluding hydrogens is 320 g/mol. The Labute approximate surface area is 147 Å². The normalized spacial score (nSPS) is 11.8. The number of nitrogens with one attached hydrogen (secondary N) is 3. The van der Waals surface area contributed by atoms with Crippen molar-refractivity contribution in [3.63, 3.8) is 0 Å². The van der Waals surface area contributed by atoms with Gasteiger partial charge in [0.1, 0.15) is 6.04 Å². The van der Waals surface area contributed by atoms with Gasteiger partial charge >= 0.3 is 6.03 Å². The standard InChI is InChI=1S/C18H24N4O3/c1-12(2)21-16(23)9-10-19-18(24)22-13(3)17-20-11-15(25-17)14-7-5-4-6-8-14/h4-8,11-13H,9-10H2,1-3H3,(H,21,23)(H2,19,22,24). The molecule has 0 fully saturated rings. The molecule has 2 rings (SSSR count). The number of nitrogens with zero attached hydrogens (tertiary/aromatic N) is 1. The molecule has 3 amide bonds. The molecule has 0 bridgehead atoms. The van der Waals surface area contributed by atoms with Crippen molar-refractivity contribution < 1.29 is 14.0 Å². The van der Waals surface area contributed by atoms with Gasteiger partial charge in [0.05, 0.1) is 6.20 Å². The van der Waals surface area contributed by atoms with E-state index in [1.54, 1.807) is 13.1 Å². The fraction of sp³-hybridized carbons (Fsp3) is 0.389. The van der Waals surface area contributed by atoms with Crippen molar-refractivity contribution in [3.8, 4) is 11.3 Å². The maximum Gasteiger partial charge on any atom is 0.315 e. The summed E-state index contributed by atoms with van der Waals surface area (Å²) in [6, 6.07) is 8.95. The second-order valence-corrected chi connectivity index (χ2v) is 6.02. The number of oxazole rings is 1. The molecule has 134 valence electrons. The maximum atomic E-state index is 11.9. The molecule has 0 aliphatic heterocycles. The third-order valence-corrected chi connectivity index (χ3v) is 3.39. The minimum atomic E-state index is -0.387. The van der Waals surface area contributed by atoms with Crippen LogP contribution in [-0.2, 0) is 4.79 Å². The molecule has 1 unspecified atom stereocenters. The van der Waals surface area contributed by atoms with Gasteiger partial charge in [0.2, 0.25) is 11.8 Å². The third-order valence-electron chi connectivity index (χ3n) is 3.39. The van der Waals surface area contributed by atoms with Crippen molar-refractivity contribution >= 4 is 11.9 Å². The number of carbonyl (C=O) groups is 2. The Kier molecular flexibility index (Phi) is 6.56. The summed E-state index contributed by atoms with van der Waals surface area (Å²) in [6.07, 6.45) is 1.87. The summed E-state index contributed by atoms with van der Waals surface area (Å²) in [7, 11) is 0. The lowest BCUT2D eigenvalue weighted by molar-refractivity contribution is -0.121. The smallest absolute Gasteiger partial charge is 0.315 e. The molecule has 0 aliphatic carbocycles. The molecular formula is C18H24N4O3. The molecule has 1 aromatic heterocycles. The molecule has 0 spiro atoms. The summed E-state index contributed by atoms with van der Waals surface area (Å²) < 4.78 is 5.70. The van der Waals surface area contributed by atoms with Crippen LogP contribution in [0.15, 0.2) is 40.9 Å². The van der Waals surface area contributed by atoms with Gasteiger partial charge in [-0.2, -0.15) is 0 Å². The van der Waals surface area contributed by atoms with E-state index in [1.165, 1.54) is 0 Å². The van der Waals surface area contributed by atoms with E-state index in [1.807, 2.05) is 44.2 Å². The first-order valence-electron chi connectivity index (χ1n) is 8.30. The number of benzene rings is 1. The fourth-order valence-corrected chi connectivity index (χ4v) is 2.22. The topological polar surface area (TPSA) is 96.3 Å². The zero-order valence-corrected chi connectivity index (χ0v) is 14.7. The number of aromatic nitrogens is 1. The van der Waals surface area contributed by atoms with Crippen LogP contribution in [-0.4, -0.2) is 29.5 Å². The van der Waals surface area contributed by atoms with Crippen LogP contribution in [0, 0.1) is 0 Å². The van der Waals surface area contributed by atoms with Crippen LogP contribution in [0.4, 0.5) is 4.79 Å². The van der Waals surface area contributed by atoms with Gasteiger partial charge in [-0.1, -0.05) is 30.3 Å². The molecule has 2 aromatic rings. The maximum absolute atomic E-state index is 11.9. The highest BCUT2D eigenvalue weighted by atomic mass is 16.4. The van der Waals surface area contributed by atoms with Crippen molar-refractivity contribution in [1.29, 1.82) is 0 Å². The molecule has 0 aliphatic rings. The molecule has 0 radical (unpaired) electrons. The highest BCUT2D eigenvalue weighted by Crippen LogP contribution is 2.22. The number of hydrogen-bond acceptors (Lipinski definition) is 4. The number of carbonyl (C=O) groups excluding carboxylic acids is 2. The first-order valence-corrected chi connectivity index (χ1v) is 8.30. The van der Waals surface area contributed by atoms with Crippen LogP contribution < -0.4 is 16.0 Å². The average Bonchev–Trinajstić information content (AvgIpc) is 3.05. The largest absolute Gasteiger partial charge is 0.438 e. The molecule has 25 heavy (non-hydrogen) atoms. The summed E-state index contributed by atoms with van der Waals surface area (Å²) in [5, 5.41) is 8.15. The van der Waals surface area contributed by atoms with E-state index in [0.29, 0.717) is 11.7 Å². The van der Waals surface area contributed by atoms with Gasteiger partial charge in [0.25, 0.3) is 0 Å². The van der Waals surface area contributed by atoms with Crippen molar-refractivity contribution in [3.05, 3.63) is 42.4 Å². The minimum Gasteiger partial charge on any atom is -0.438 e. The predicted octanol–water partition coefficient (Wildman–Crippen LogP) is 2.62. The highest BCUT2D eigenvalue weighted by molar-refractivity contribution is 5.78. The molecule has 0 saturated heterocycles. The Morgan fingerprint density at radius 2 is 1.84 bits per heavy atom. The van der Waals surface area contributed by atoms with Crippen molar-refractivity contribution in [2.45, 2.75) is 39.3 Å². The van der Waals surface area contributed by atoms with Crippen LogP contribution in [0.1, 0.15) is 39.1 Å². The number of hydrogen-bond donors (Lipinski definition) is 3. The summed E-state index contributed by atoms with van der Waals surface area (Å²) >= 11 is 0. The monoisotopic (exact) mass is 344 g/mol. The first kappa shape index (κ1) is 18.5. The van der Waals surface area contributed by atoms with Gasteiger partial charge in [-0.15, -0.1) is 0 Å². The molecule has 1 heterocycles. The molecule has 3 N–H and O–H groups in total. The van der Waals surface area contributed by atoms with Gasteiger partial charge in [0.15, 0.2) is 5.76 Å².